The Labute approximate surface area is 132 Å². The van der Waals surface area contributed by atoms with E-state index in [1.807, 2.05) is 38.2 Å². The van der Waals surface area contributed by atoms with E-state index in [0.29, 0.717) is 26.3 Å². The topological polar surface area (TPSA) is 50.8 Å². The summed E-state index contributed by atoms with van der Waals surface area (Å²) in [6.07, 6.45) is 0.817. The third-order valence-electron chi connectivity index (χ3n) is 4.14. The molecule has 2 rings (SSSR count). The van der Waals surface area contributed by atoms with Crippen molar-refractivity contribution in [2.24, 2.45) is 5.41 Å². The Bertz CT molecular complexity index is 498. The lowest BCUT2D eigenvalue weighted by atomic mass is 9.86. The van der Waals surface area contributed by atoms with Gasteiger partial charge >= 0.3 is 0 Å². The molecule has 5 nitrogen and oxygen atoms in total. The lowest BCUT2D eigenvalue weighted by Crippen LogP contribution is -2.46. The Morgan fingerprint density at radius 3 is 2.82 bits per heavy atom. The molecule has 0 spiro atoms. The van der Waals surface area contributed by atoms with Gasteiger partial charge in [0.2, 0.25) is 5.91 Å². The zero-order valence-corrected chi connectivity index (χ0v) is 13.7. The maximum absolute atomic E-state index is 12.9. The number of hydrogen-bond donors (Lipinski definition) is 1. The van der Waals surface area contributed by atoms with E-state index in [-0.39, 0.29) is 5.91 Å². The average molecular weight is 306 g/mol. The predicted molar refractivity (Wildman–Crippen MR) is 85.9 cm³/mol. The van der Waals surface area contributed by atoms with Gasteiger partial charge in [-0.1, -0.05) is 18.2 Å². The van der Waals surface area contributed by atoms with Crippen LogP contribution >= 0.6 is 0 Å². The Hall–Kier alpha value is -1.59. The van der Waals surface area contributed by atoms with Gasteiger partial charge in [0.05, 0.1) is 18.6 Å². The van der Waals surface area contributed by atoms with Gasteiger partial charge in [-0.05, 0) is 26.0 Å². The van der Waals surface area contributed by atoms with Gasteiger partial charge in [0.25, 0.3) is 0 Å². The normalized spacial score (nSPS) is 20.9. The molecule has 22 heavy (non-hydrogen) atoms. The minimum Gasteiger partial charge on any atom is -0.494 e. The average Bonchev–Trinajstić information content (AvgIpc) is 2.99. The van der Waals surface area contributed by atoms with Gasteiger partial charge in [-0.3, -0.25) is 4.79 Å². The quantitative estimate of drug-likeness (QED) is 0.832. The molecule has 1 N–H and O–H groups in total. The molecule has 1 unspecified atom stereocenters. The fraction of sp³-hybridized carbons (Fsp3) is 0.588. The standard InChI is InChI=1S/C17H26N2O3/c1-4-22-15-8-6-5-7-14(15)11-19(2)16(20)17(13-21-3)9-10-18-12-17/h5-8,18H,4,9-13H2,1-3H3. The second-order valence-electron chi connectivity index (χ2n) is 5.84. The fourth-order valence-corrected chi connectivity index (χ4v) is 3.05. The molecule has 1 aromatic rings. The first-order chi connectivity index (χ1) is 10.6. The van der Waals surface area contributed by atoms with Crippen molar-refractivity contribution < 1.29 is 14.3 Å². The minimum absolute atomic E-state index is 0.130. The van der Waals surface area contributed by atoms with E-state index in [1.54, 1.807) is 12.0 Å². The number of para-hydroxylation sites is 1. The molecule has 0 saturated carbocycles. The van der Waals surface area contributed by atoms with Gasteiger partial charge in [-0.15, -0.1) is 0 Å². The van der Waals surface area contributed by atoms with E-state index in [1.165, 1.54) is 0 Å². The molecule has 0 bridgehead atoms. The van der Waals surface area contributed by atoms with Crippen LogP contribution in [0.2, 0.25) is 0 Å². The summed E-state index contributed by atoms with van der Waals surface area (Å²) in [7, 11) is 3.50. The number of nitrogens with zero attached hydrogens (tertiary/aromatic N) is 1. The van der Waals surface area contributed by atoms with Crippen LogP contribution in [0, 0.1) is 5.41 Å². The first-order valence-electron chi connectivity index (χ1n) is 7.79. The van der Waals surface area contributed by atoms with Crippen LogP contribution in [0.5, 0.6) is 5.75 Å². The number of methoxy groups -OCH3 is 1. The number of amides is 1. The van der Waals surface area contributed by atoms with Crippen molar-refractivity contribution in [3.05, 3.63) is 29.8 Å². The number of carbonyl (C=O) groups excluding carboxylic acids is 1. The first kappa shape index (κ1) is 16.8. The van der Waals surface area contributed by atoms with Gasteiger partial charge in [-0.2, -0.15) is 0 Å². The highest BCUT2D eigenvalue weighted by Crippen LogP contribution is 2.29. The molecular formula is C17H26N2O3. The van der Waals surface area contributed by atoms with Gasteiger partial charge in [-0.25, -0.2) is 0 Å². The van der Waals surface area contributed by atoms with Gasteiger partial charge in [0.1, 0.15) is 5.75 Å². The van der Waals surface area contributed by atoms with E-state index >= 15 is 0 Å². The maximum Gasteiger partial charge on any atom is 0.232 e. The van der Waals surface area contributed by atoms with Gasteiger partial charge < -0.3 is 19.7 Å². The summed E-state index contributed by atoms with van der Waals surface area (Å²) in [4.78, 5) is 14.7. The Balaban J connectivity index is 2.11. The molecular weight excluding hydrogens is 280 g/mol. The van der Waals surface area contributed by atoms with Crippen molar-refractivity contribution in [3.63, 3.8) is 0 Å². The lowest BCUT2D eigenvalue weighted by Gasteiger charge is -2.31. The van der Waals surface area contributed by atoms with Gasteiger partial charge in [0, 0.05) is 32.8 Å². The molecule has 0 aliphatic carbocycles. The second kappa shape index (κ2) is 7.61. The van der Waals surface area contributed by atoms with Crippen molar-refractivity contribution in [2.75, 3.05) is 40.5 Å². The third kappa shape index (κ3) is 3.59. The number of ether oxygens (including phenoxy) is 2. The molecule has 5 heteroatoms. The summed E-state index contributed by atoms with van der Waals surface area (Å²) in [5, 5.41) is 3.28. The number of carbonyl (C=O) groups is 1. The van der Waals surface area contributed by atoms with E-state index < -0.39 is 5.41 Å². The lowest BCUT2D eigenvalue weighted by molar-refractivity contribution is -0.143. The summed E-state index contributed by atoms with van der Waals surface area (Å²) in [5.41, 5.74) is 0.586. The molecule has 1 aliphatic heterocycles. The first-order valence-corrected chi connectivity index (χ1v) is 7.79. The monoisotopic (exact) mass is 306 g/mol. The summed E-state index contributed by atoms with van der Waals surface area (Å²) in [6, 6.07) is 7.87. The zero-order valence-electron chi connectivity index (χ0n) is 13.7. The van der Waals surface area contributed by atoms with Crippen molar-refractivity contribution in [2.45, 2.75) is 19.9 Å². The van der Waals surface area contributed by atoms with E-state index in [2.05, 4.69) is 5.32 Å². The van der Waals surface area contributed by atoms with Crippen LogP contribution in [0.25, 0.3) is 0 Å². The molecule has 1 heterocycles. The third-order valence-corrected chi connectivity index (χ3v) is 4.14. The summed E-state index contributed by atoms with van der Waals surface area (Å²) < 4.78 is 10.9. The van der Waals surface area contributed by atoms with Crippen LogP contribution in [0.15, 0.2) is 24.3 Å². The zero-order chi connectivity index (χ0) is 16.0. The highest BCUT2D eigenvalue weighted by Gasteiger charge is 2.43. The molecule has 1 saturated heterocycles. The minimum atomic E-state index is -0.440. The van der Waals surface area contributed by atoms with Crippen LogP contribution < -0.4 is 10.1 Å². The van der Waals surface area contributed by atoms with Crippen molar-refractivity contribution >= 4 is 5.91 Å². The van der Waals surface area contributed by atoms with Crippen LogP contribution in [-0.2, 0) is 16.1 Å². The molecule has 1 fully saturated rings. The SMILES string of the molecule is CCOc1ccccc1CN(C)C(=O)C1(COC)CCNC1. The molecule has 0 radical (unpaired) electrons. The Morgan fingerprint density at radius 2 is 2.18 bits per heavy atom. The Morgan fingerprint density at radius 1 is 1.41 bits per heavy atom. The molecule has 1 aromatic carbocycles. The number of nitrogens with one attached hydrogen (secondary N) is 1. The van der Waals surface area contributed by atoms with Crippen LogP contribution in [-0.4, -0.2) is 51.3 Å². The Kier molecular flexibility index (Phi) is 5.80. The maximum atomic E-state index is 12.9. The number of hydrogen-bond acceptors (Lipinski definition) is 4. The highest BCUT2D eigenvalue weighted by molar-refractivity contribution is 5.83. The summed E-state index contributed by atoms with van der Waals surface area (Å²) in [6.45, 7) is 5.11. The predicted octanol–water partition coefficient (Wildman–Crippen LogP) is 1.67. The number of benzene rings is 1. The molecule has 1 aliphatic rings. The van der Waals surface area contributed by atoms with E-state index in [4.69, 9.17) is 9.47 Å². The van der Waals surface area contributed by atoms with Crippen LogP contribution in [0.4, 0.5) is 0 Å². The summed E-state index contributed by atoms with van der Waals surface area (Å²) >= 11 is 0. The van der Waals surface area contributed by atoms with E-state index in [0.717, 1.165) is 24.3 Å². The van der Waals surface area contributed by atoms with Crippen molar-refractivity contribution in [3.8, 4) is 5.75 Å². The molecule has 1 atom stereocenters. The second-order valence-corrected chi connectivity index (χ2v) is 5.84. The van der Waals surface area contributed by atoms with Crippen LogP contribution in [0.1, 0.15) is 18.9 Å². The van der Waals surface area contributed by atoms with Crippen LogP contribution in [0.3, 0.4) is 0 Å². The van der Waals surface area contributed by atoms with E-state index in [9.17, 15) is 4.79 Å². The van der Waals surface area contributed by atoms with Gasteiger partial charge in [0.15, 0.2) is 0 Å². The van der Waals surface area contributed by atoms with Crippen molar-refractivity contribution in [1.82, 2.24) is 10.2 Å². The largest absolute Gasteiger partial charge is 0.494 e. The fourth-order valence-electron chi connectivity index (χ4n) is 3.05. The molecule has 1 amide bonds. The highest BCUT2D eigenvalue weighted by atomic mass is 16.5. The molecule has 122 valence electrons. The number of rotatable bonds is 7. The smallest absolute Gasteiger partial charge is 0.232 e. The van der Waals surface area contributed by atoms with Crippen molar-refractivity contribution in [1.29, 1.82) is 0 Å². The summed E-state index contributed by atoms with van der Waals surface area (Å²) in [5.74, 6) is 0.973. The molecule has 0 aromatic heterocycles.